The lowest BCUT2D eigenvalue weighted by atomic mass is 9.91. The van der Waals surface area contributed by atoms with Gasteiger partial charge in [-0.25, -0.2) is 0 Å². The fraction of sp³-hybridized carbons (Fsp3) is 1.00. The van der Waals surface area contributed by atoms with Gasteiger partial charge in [-0.15, -0.1) is 0 Å². The maximum Gasteiger partial charge on any atom is 0.264 e. The molecule has 9 heteroatoms. The summed E-state index contributed by atoms with van der Waals surface area (Å²) in [4.78, 5) is 2.83. The smallest absolute Gasteiger partial charge is 0.264 e. The van der Waals surface area contributed by atoms with Crippen LogP contribution in [0, 0.1) is 0 Å². The van der Waals surface area contributed by atoms with E-state index in [0.29, 0.717) is 12.8 Å². The summed E-state index contributed by atoms with van der Waals surface area (Å²) in [6.45, 7) is 10.6. The zero-order chi connectivity index (χ0) is 17.2. The average molecular weight is 350 g/mol. The SMILES string of the molecule is CC(C)(C)[Si](C)(C)O[C@H]1CCC[C@@H](N=[N+]=[N-])[C@@H]1OS(C)(=O)=O. The van der Waals surface area contributed by atoms with Gasteiger partial charge in [-0.1, -0.05) is 32.3 Å². The van der Waals surface area contributed by atoms with E-state index in [0.717, 1.165) is 12.7 Å². The number of hydrogen-bond acceptors (Lipinski definition) is 5. The second-order valence-electron chi connectivity index (χ2n) is 7.38. The van der Waals surface area contributed by atoms with Crippen LogP contribution >= 0.6 is 0 Å². The third-order valence-electron chi connectivity index (χ3n) is 4.47. The van der Waals surface area contributed by atoms with Crippen LogP contribution in [0.2, 0.25) is 18.1 Å². The first-order valence-corrected chi connectivity index (χ1v) is 12.2. The Morgan fingerprint density at radius 3 is 2.32 bits per heavy atom. The molecule has 0 bridgehead atoms. The standard InChI is InChI=1S/C13H27N3O4SSi/c1-13(2,3)22(5,6)20-11-9-7-8-10(15-16-14)12(11)19-21(4,17)18/h10-12H,7-9H2,1-6H3/t10-,11+,12+/m1/s1. The molecule has 1 saturated carbocycles. The van der Waals surface area contributed by atoms with Crippen LogP contribution in [-0.2, 0) is 18.7 Å². The van der Waals surface area contributed by atoms with Gasteiger partial charge in [-0.3, -0.25) is 4.18 Å². The van der Waals surface area contributed by atoms with E-state index in [2.05, 4.69) is 43.9 Å². The molecule has 0 aromatic carbocycles. The molecule has 0 unspecified atom stereocenters. The van der Waals surface area contributed by atoms with Crippen molar-refractivity contribution in [1.29, 1.82) is 0 Å². The van der Waals surface area contributed by atoms with Crippen LogP contribution in [0.25, 0.3) is 10.4 Å². The summed E-state index contributed by atoms with van der Waals surface area (Å²) in [5, 5.41) is 3.73. The van der Waals surface area contributed by atoms with Crippen LogP contribution in [0.3, 0.4) is 0 Å². The van der Waals surface area contributed by atoms with Crippen molar-refractivity contribution >= 4 is 18.4 Å². The molecule has 128 valence electrons. The molecule has 22 heavy (non-hydrogen) atoms. The Kier molecular flexibility index (Phi) is 6.08. The second-order valence-corrected chi connectivity index (χ2v) is 13.7. The molecule has 1 fully saturated rings. The number of hydrogen-bond donors (Lipinski definition) is 0. The van der Waals surface area contributed by atoms with Crippen LogP contribution in [-0.4, -0.2) is 41.2 Å². The molecule has 0 aliphatic heterocycles. The Bertz CT molecular complexity index is 538. The van der Waals surface area contributed by atoms with Crippen molar-refractivity contribution in [2.24, 2.45) is 5.11 Å². The maximum absolute atomic E-state index is 11.6. The summed E-state index contributed by atoms with van der Waals surface area (Å²) in [7, 11) is -5.72. The topological polar surface area (TPSA) is 101 Å². The summed E-state index contributed by atoms with van der Waals surface area (Å²) >= 11 is 0. The Morgan fingerprint density at radius 2 is 1.86 bits per heavy atom. The highest BCUT2D eigenvalue weighted by Gasteiger charge is 2.44. The van der Waals surface area contributed by atoms with Gasteiger partial charge >= 0.3 is 0 Å². The summed E-state index contributed by atoms with van der Waals surface area (Å²) in [5.41, 5.74) is 8.70. The van der Waals surface area contributed by atoms with Crippen molar-refractivity contribution in [3.63, 3.8) is 0 Å². The molecule has 0 amide bonds. The van der Waals surface area contributed by atoms with Gasteiger partial charge in [0.1, 0.15) is 6.10 Å². The van der Waals surface area contributed by atoms with E-state index in [4.69, 9.17) is 14.1 Å². The molecule has 0 aromatic rings. The fourth-order valence-corrected chi connectivity index (χ4v) is 4.32. The Balaban J connectivity index is 3.05. The van der Waals surface area contributed by atoms with Gasteiger partial charge in [0, 0.05) is 4.91 Å². The minimum absolute atomic E-state index is 0.00802. The first kappa shape index (κ1) is 19.4. The number of rotatable bonds is 5. The third-order valence-corrected chi connectivity index (χ3v) is 9.55. The molecule has 0 N–H and O–H groups in total. The van der Waals surface area contributed by atoms with Gasteiger partial charge in [0.25, 0.3) is 10.1 Å². The van der Waals surface area contributed by atoms with Gasteiger partial charge in [0.15, 0.2) is 8.32 Å². The van der Waals surface area contributed by atoms with Gasteiger partial charge in [0.2, 0.25) is 0 Å². The number of azide groups is 1. The molecule has 1 aliphatic rings. The van der Waals surface area contributed by atoms with Crippen molar-refractivity contribution in [3.05, 3.63) is 10.4 Å². The second kappa shape index (κ2) is 6.88. The highest BCUT2D eigenvalue weighted by Crippen LogP contribution is 2.40. The molecule has 1 rings (SSSR count). The third kappa shape index (κ3) is 5.24. The Morgan fingerprint density at radius 1 is 1.27 bits per heavy atom. The lowest BCUT2D eigenvalue weighted by Gasteiger charge is -2.43. The molecular formula is C13H27N3O4SSi. The van der Waals surface area contributed by atoms with E-state index in [-0.39, 0.29) is 11.1 Å². The molecule has 0 spiro atoms. The first-order valence-electron chi connectivity index (χ1n) is 7.48. The van der Waals surface area contributed by atoms with Crippen LogP contribution in [0.4, 0.5) is 0 Å². The molecule has 0 saturated heterocycles. The molecule has 7 nitrogen and oxygen atoms in total. The van der Waals surface area contributed by atoms with E-state index < -0.39 is 30.6 Å². The summed E-state index contributed by atoms with van der Waals surface area (Å²) in [6, 6.07) is -0.511. The van der Waals surface area contributed by atoms with Crippen LogP contribution in [0.5, 0.6) is 0 Å². The molecule has 1 aliphatic carbocycles. The molecule has 3 atom stereocenters. The quantitative estimate of drug-likeness (QED) is 0.249. The van der Waals surface area contributed by atoms with Crippen molar-refractivity contribution in [1.82, 2.24) is 0 Å². The zero-order valence-electron chi connectivity index (χ0n) is 14.2. The van der Waals surface area contributed by atoms with Crippen LogP contribution in [0.15, 0.2) is 5.11 Å². The van der Waals surface area contributed by atoms with Crippen molar-refractivity contribution in [2.45, 2.75) is 76.4 Å². The number of nitrogens with zero attached hydrogens (tertiary/aromatic N) is 3. The Hall–Kier alpha value is -0.603. The summed E-state index contributed by atoms with van der Waals surface area (Å²) < 4.78 is 34.7. The lowest BCUT2D eigenvalue weighted by Crippen LogP contribution is -2.52. The van der Waals surface area contributed by atoms with E-state index in [1.165, 1.54) is 0 Å². The van der Waals surface area contributed by atoms with Crippen molar-refractivity contribution in [3.8, 4) is 0 Å². The van der Waals surface area contributed by atoms with Gasteiger partial charge in [-0.05, 0) is 36.5 Å². The van der Waals surface area contributed by atoms with Crippen molar-refractivity contribution in [2.75, 3.05) is 6.26 Å². The fourth-order valence-electron chi connectivity index (χ4n) is 2.30. The highest BCUT2D eigenvalue weighted by atomic mass is 32.2. The predicted molar refractivity (Wildman–Crippen MR) is 88.6 cm³/mol. The molecule has 0 aromatic heterocycles. The van der Waals surface area contributed by atoms with Crippen LogP contribution in [0.1, 0.15) is 40.0 Å². The van der Waals surface area contributed by atoms with Crippen LogP contribution < -0.4 is 0 Å². The van der Waals surface area contributed by atoms with Crippen molar-refractivity contribution < 1.29 is 17.0 Å². The van der Waals surface area contributed by atoms with E-state index in [9.17, 15) is 8.42 Å². The minimum Gasteiger partial charge on any atom is -0.411 e. The molecule has 0 radical (unpaired) electrons. The summed E-state index contributed by atoms with van der Waals surface area (Å²) in [6.07, 6.45) is 2.06. The maximum atomic E-state index is 11.6. The predicted octanol–water partition coefficient (Wildman–Crippen LogP) is 3.58. The van der Waals surface area contributed by atoms with E-state index >= 15 is 0 Å². The van der Waals surface area contributed by atoms with E-state index in [1.807, 2.05) is 0 Å². The van der Waals surface area contributed by atoms with Gasteiger partial charge < -0.3 is 4.43 Å². The van der Waals surface area contributed by atoms with Gasteiger partial charge in [0.05, 0.1) is 18.4 Å². The normalized spacial score (nSPS) is 27.3. The summed E-state index contributed by atoms with van der Waals surface area (Å²) in [5.74, 6) is 0. The first-order chi connectivity index (χ1) is 9.87. The lowest BCUT2D eigenvalue weighted by molar-refractivity contribution is 0.00689. The average Bonchev–Trinajstić information content (AvgIpc) is 2.30. The largest absolute Gasteiger partial charge is 0.411 e. The molecular weight excluding hydrogens is 322 g/mol. The van der Waals surface area contributed by atoms with E-state index in [1.54, 1.807) is 0 Å². The highest BCUT2D eigenvalue weighted by molar-refractivity contribution is 7.86. The molecule has 0 heterocycles. The van der Waals surface area contributed by atoms with Gasteiger partial charge in [-0.2, -0.15) is 8.42 Å². The minimum atomic E-state index is -3.65. The zero-order valence-corrected chi connectivity index (χ0v) is 16.1. The Labute approximate surface area is 134 Å². The monoisotopic (exact) mass is 349 g/mol.